The zero-order valence-corrected chi connectivity index (χ0v) is 21.0. The number of nitriles is 1. The summed E-state index contributed by atoms with van der Waals surface area (Å²) in [5, 5.41) is 19.5. The molecule has 0 spiro atoms. The lowest BCUT2D eigenvalue weighted by Gasteiger charge is -2.09. The first-order valence-electron chi connectivity index (χ1n) is 12.0. The molecule has 0 saturated carbocycles. The van der Waals surface area contributed by atoms with Crippen molar-refractivity contribution in [3.05, 3.63) is 66.0 Å². The lowest BCUT2D eigenvalue weighted by atomic mass is 10.3. The summed E-state index contributed by atoms with van der Waals surface area (Å²) in [4.78, 5) is 38.8. The van der Waals surface area contributed by atoms with Crippen molar-refractivity contribution < 1.29 is 33.0 Å². The Morgan fingerprint density at radius 1 is 0.763 bits per heavy atom. The predicted molar refractivity (Wildman–Crippen MR) is 133 cm³/mol. The van der Waals surface area contributed by atoms with E-state index in [0.717, 1.165) is 0 Å². The van der Waals surface area contributed by atoms with E-state index in [-0.39, 0.29) is 30.9 Å². The van der Waals surface area contributed by atoms with Crippen molar-refractivity contribution in [2.24, 2.45) is 0 Å². The van der Waals surface area contributed by atoms with Crippen molar-refractivity contribution in [1.82, 2.24) is 21.3 Å². The van der Waals surface area contributed by atoms with Crippen LogP contribution in [0.25, 0.3) is 4.85 Å². The summed E-state index contributed by atoms with van der Waals surface area (Å²) < 4.78 is 14.1. The van der Waals surface area contributed by atoms with E-state index in [1.807, 2.05) is 6.07 Å². The molecule has 2 aromatic heterocycles. The molecule has 200 valence electrons. The number of urea groups is 1. The zero-order valence-electron chi connectivity index (χ0n) is 21.0. The Kier molecular flexibility index (Phi) is 13.9. The average molecular weight is 525 g/mol. The molecule has 4 amide bonds. The molecule has 0 unspecified atom stereocenters. The van der Waals surface area contributed by atoms with Crippen molar-refractivity contribution in [3.8, 4) is 6.07 Å². The highest BCUT2D eigenvalue weighted by Gasteiger charge is 2.09. The van der Waals surface area contributed by atoms with Gasteiger partial charge in [0.15, 0.2) is 30.5 Å². The largest absolute Gasteiger partial charge is 0.378 e. The lowest BCUT2D eigenvalue weighted by molar-refractivity contribution is -0.684. The number of nitrogens with zero attached hydrogens (tertiary/aromatic N) is 4. The molecule has 0 radical (unpaired) electrons. The van der Waals surface area contributed by atoms with Crippen LogP contribution in [0.1, 0.15) is 5.56 Å². The van der Waals surface area contributed by atoms with Gasteiger partial charge in [0, 0.05) is 50.4 Å². The molecule has 0 atom stereocenters. The number of hydrogen-bond acceptors (Lipinski definition) is 6. The van der Waals surface area contributed by atoms with Gasteiger partial charge in [-0.1, -0.05) is 0 Å². The van der Waals surface area contributed by atoms with Gasteiger partial charge in [-0.3, -0.25) is 9.59 Å². The van der Waals surface area contributed by atoms with E-state index in [9.17, 15) is 14.4 Å². The summed E-state index contributed by atoms with van der Waals surface area (Å²) >= 11 is 0. The SMILES string of the molecule is [C-]#[N+]c1cc[n+](CC(=O)NCCOCCNC(=O)NCCOCCNC(=O)C[n+]2ccc(C#N)cc2)cc1. The summed E-state index contributed by atoms with van der Waals surface area (Å²) in [6, 6.07) is 8.23. The number of amides is 4. The van der Waals surface area contributed by atoms with E-state index in [1.165, 1.54) is 0 Å². The fraction of sp³-hybridized carbons (Fsp3) is 0.400. The standard InChI is InChI=1S/C25H30N8O5/c1-27-22-4-12-33(13-5-22)20-24(35)29-7-15-38-17-9-31-25(36)30-8-16-37-14-6-28-23(34)19-32-10-2-21(18-26)3-11-32/h2-5,10-13H,6-9,14-17,19-20H2,(H2-2,28,29,30,31,34,35,36)/p+2. The first-order valence-corrected chi connectivity index (χ1v) is 12.0. The van der Waals surface area contributed by atoms with E-state index in [1.54, 1.807) is 58.2 Å². The minimum Gasteiger partial charge on any atom is -0.378 e. The number of rotatable bonds is 16. The Labute approximate surface area is 221 Å². The van der Waals surface area contributed by atoms with Gasteiger partial charge in [0.25, 0.3) is 11.8 Å². The van der Waals surface area contributed by atoms with E-state index in [4.69, 9.17) is 21.3 Å². The molecular formula is C25H32N8O5+2. The van der Waals surface area contributed by atoms with Gasteiger partial charge in [-0.15, -0.1) is 0 Å². The van der Waals surface area contributed by atoms with Crippen LogP contribution >= 0.6 is 0 Å². The van der Waals surface area contributed by atoms with Gasteiger partial charge in [0.2, 0.25) is 13.1 Å². The highest BCUT2D eigenvalue weighted by Crippen LogP contribution is 2.05. The van der Waals surface area contributed by atoms with Crippen LogP contribution in [-0.2, 0) is 32.2 Å². The Balaban J connectivity index is 1.37. The topological polar surface area (TPSA) is 154 Å². The van der Waals surface area contributed by atoms with Crippen molar-refractivity contribution in [3.63, 3.8) is 0 Å². The molecule has 0 saturated heterocycles. The quantitative estimate of drug-likeness (QED) is 0.125. The predicted octanol–water partition coefficient (Wildman–Crippen LogP) is -1.05. The highest BCUT2D eigenvalue weighted by molar-refractivity contribution is 5.74. The van der Waals surface area contributed by atoms with Crippen LogP contribution < -0.4 is 30.4 Å². The lowest BCUT2D eigenvalue weighted by Crippen LogP contribution is -2.43. The van der Waals surface area contributed by atoms with Crippen LogP contribution in [0, 0.1) is 17.9 Å². The van der Waals surface area contributed by atoms with E-state index in [2.05, 4.69) is 26.1 Å². The number of carbonyl (C=O) groups excluding carboxylic acids is 3. The van der Waals surface area contributed by atoms with Gasteiger partial charge in [0.05, 0.1) is 44.6 Å². The fourth-order valence-corrected chi connectivity index (χ4v) is 2.98. The molecule has 38 heavy (non-hydrogen) atoms. The van der Waals surface area contributed by atoms with Crippen molar-refractivity contribution >= 4 is 23.5 Å². The second-order valence-electron chi connectivity index (χ2n) is 7.82. The minimum atomic E-state index is -0.348. The normalized spacial score (nSPS) is 10.1. The number of carbonyl (C=O) groups is 3. The molecule has 0 fully saturated rings. The summed E-state index contributed by atoms with van der Waals surface area (Å²) in [6.45, 7) is 9.74. The third-order valence-electron chi connectivity index (χ3n) is 4.88. The van der Waals surface area contributed by atoms with Crippen molar-refractivity contribution in [2.45, 2.75) is 13.1 Å². The fourth-order valence-electron chi connectivity index (χ4n) is 2.98. The number of aromatic nitrogens is 2. The summed E-state index contributed by atoms with van der Waals surface area (Å²) in [5.41, 5.74) is 1.04. The van der Waals surface area contributed by atoms with Crippen LogP contribution in [0.15, 0.2) is 49.1 Å². The summed E-state index contributed by atoms with van der Waals surface area (Å²) in [6.07, 6.45) is 6.68. The van der Waals surface area contributed by atoms with Gasteiger partial charge in [-0.05, 0) is 0 Å². The van der Waals surface area contributed by atoms with Crippen LogP contribution in [0.4, 0.5) is 10.5 Å². The first kappa shape index (κ1) is 29.6. The Bertz CT molecular complexity index is 1020. The maximum Gasteiger partial charge on any atom is 0.314 e. The number of pyridine rings is 2. The molecule has 2 heterocycles. The second kappa shape index (κ2) is 17.8. The van der Waals surface area contributed by atoms with Gasteiger partial charge >= 0.3 is 6.03 Å². The molecule has 0 aliphatic heterocycles. The van der Waals surface area contributed by atoms with Gasteiger partial charge in [0.1, 0.15) is 0 Å². The number of hydrogen-bond donors (Lipinski definition) is 4. The maximum atomic E-state index is 11.9. The monoisotopic (exact) mass is 524 g/mol. The molecular weight excluding hydrogens is 492 g/mol. The summed E-state index contributed by atoms with van der Waals surface area (Å²) in [7, 11) is 0. The molecule has 13 nitrogen and oxygen atoms in total. The van der Waals surface area contributed by atoms with E-state index in [0.29, 0.717) is 63.9 Å². The van der Waals surface area contributed by atoms with Crippen molar-refractivity contribution in [2.75, 3.05) is 52.6 Å². The van der Waals surface area contributed by atoms with E-state index < -0.39 is 0 Å². The summed E-state index contributed by atoms with van der Waals surface area (Å²) in [5.74, 6) is -0.341. The van der Waals surface area contributed by atoms with Crippen LogP contribution in [-0.4, -0.2) is 70.5 Å². The molecule has 0 bridgehead atoms. The Hall–Kier alpha value is -4.59. The van der Waals surface area contributed by atoms with Gasteiger partial charge < -0.3 is 30.7 Å². The Morgan fingerprint density at radius 2 is 1.18 bits per heavy atom. The highest BCUT2D eigenvalue weighted by atomic mass is 16.5. The van der Waals surface area contributed by atoms with Gasteiger partial charge in [-0.25, -0.2) is 9.64 Å². The van der Waals surface area contributed by atoms with Crippen molar-refractivity contribution in [1.29, 1.82) is 5.26 Å². The van der Waals surface area contributed by atoms with E-state index >= 15 is 0 Å². The van der Waals surface area contributed by atoms with Gasteiger partial charge in [-0.2, -0.15) is 14.4 Å². The Morgan fingerprint density at radius 3 is 1.61 bits per heavy atom. The first-order chi connectivity index (χ1) is 18.5. The maximum absolute atomic E-state index is 11.9. The third kappa shape index (κ3) is 12.9. The van der Waals surface area contributed by atoms with Crippen LogP contribution in [0.2, 0.25) is 0 Å². The molecule has 2 aromatic rings. The number of nitrogens with one attached hydrogen (secondary N) is 4. The van der Waals surface area contributed by atoms with Crippen LogP contribution in [0.3, 0.4) is 0 Å². The molecule has 0 aliphatic carbocycles. The average Bonchev–Trinajstić information content (AvgIpc) is 2.92. The van der Waals surface area contributed by atoms with Crippen LogP contribution in [0.5, 0.6) is 0 Å². The molecule has 13 heteroatoms. The minimum absolute atomic E-state index is 0.144. The molecule has 2 rings (SSSR count). The smallest absolute Gasteiger partial charge is 0.314 e. The third-order valence-corrected chi connectivity index (χ3v) is 4.88. The molecule has 0 aromatic carbocycles. The molecule has 4 N–H and O–H groups in total. The number of ether oxygens (including phenoxy) is 2. The zero-order chi connectivity index (χ0) is 27.4. The molecule has 0 aliphatic rings. The second-order valence-corrected chi connectivity index (χ2v) is 7.82.